The smallest absolute Gasteiger partial charge is 0.389 e. The zero-order valence-electron chi connectivity index (χ0n) is 11.1. The van der Waals surface area contributed by atoms with E-state index >= 15 is 0 Å². The highest BCUT2D eigenvalue weighted by atomic mass is 19.4. The first-order chi connectivity index (χ1) is 8.88. The first-order valence-electron chi connectivity index (χ1n) is 6.31. The molecule has 0 aliphatic carbocycles. The van der Waals surface area contributed by atoms with Gasteiger partial charge in [0, 0.05) is 19.2 Å². The summed E-state index contributed by atoms with van der Waals surface area (Å²) in [6.07, 6.45) is -2.62. The van der Waals surface area contributed by atoms with Crippen LogP contribution in [-0.4, -0.2) is 23.8 Å². The van der Waals surface area contributed by atoms with Gasteiger partial charge in [-0.15, -0.1) is 0 Å². The minimum atomic E-state index is -4.07. The third-order valence-corrected chi connectivity index (χ3v) is 2.31. The van der Waals surface area contributed by atoms with Gasteiger partial charge in [0.05, 0.1) is 6.10 Å². The second-order valence-electron chi connectivity index (χ2n) is 4.52. The van der Waals surface area contributed by atoms with Crippen LogP contribution in [0.5, 0.6) is 5.75 Å². The minimum Gasteiger partial charge on any atom is -0.487 e. The van der Waals surface area contributed by atoms with Gasteiger partial charge in [0.2, 0.25) is 0 Å². The van der Waals surface area contributed by atoms with Crippen LogP contribution in [0.25, 0.3) is 0 Å². The number of nitrogens with zero attached hydrogens (tertiary/aromatic N) is 1. The summed E-state index contributed by atoms with van der Waals surface area (Å²) in [5.74, 6) is 1.19. The van der Waals surface area contributed by atoms with E-state index in [1.54, 1.807) is 18.3 Å². The number of alkyl halides is 3. The Bertz CT molecular complexity index is 380. The van der Waals surface area contributed by atoms with Crippen LogP contribution in [0, 0.1) is 0 Å². The highest BCUT2D eigenvalue weighted by Gasteiger charge is 2.25. The molecule has 0 unspecified atom stereocenters. The van der Waals surface area contributed by atoms with Crippen molar-refractivity contribution in [3.8, 4) is 5.75 Å². The molecule has 0 aliphatic rings. The van der Waals surface area contributed by atoms with E-state index in [2.05, 4.69) is 10.3 Å². The van der Waals surface area contributed by atoms with Gasteiger partial charge >= 0.3 is 6.18 Å². The number of rotatable bonds is 7. The number of hydrogen-bond acceptors (Lipinski definition) is 3. The largest absolute Gasteiger partial charge is 0.487 e. The Morgan fingerprint density at radius 3 is 2.68 bits per heavy atom. The van der Waals surface area contributed by atoms with Gasteiger partial charge in [-0.3, -0.25) is 0 Å². The summed E-state index contributed by atoms with van der Waals surface area (Å²) in [5, 5.41) is 3.00. The Kier molecular flexibility index (Phi) is 5.92. The lowest BCUT2D eigenvalue weighted by molar-refractivity contribution is -0.135. The molecule has 0 bridgehead atoms. The van der Waals surface area contributed by atoms with Gasteiger partial charge in [-0.05, 0) is 38.8 Å². The molecule has 1 rings (SSSR count). The van der Waals surface area contributed by atoms with Crippen LogP contribution < -0.4 is 10.1 Å². The van der Waals surface area contributed by atoms with Gasteiger partial charge in [0.1, 0.15) is 0 Å². The summed E-state index contributed by atoms with van der Waals surface area (Å²) in [6.45, 7) is 4.25. The predicted molar refractivity (Wildman–Crippen MR) is 68.4 cm³/mol. The van der Waals surface area contributed by atoms with E-state index in [0.29, 0.717) is 24.5 Å². The molecule has 1 heterocycles. The predicted octanol–water partition coefficient (Wildman–Crippen LogP) is 4.01. The summed E-state index contributed by atoms with van der Waals surface area (Å²) >= 11 is 0. The normalized spacial score (nSPS) is 11.7. The minimum absolute atomic E-state index is 0.0231. The Balaban J connectivity index is 2.36. The number of unbranched alkanes of at least 4 members (excludes halogenated alkanes) is 1. The lowest BCUT2D eigenvalue weighted by atomic mass is 10.2. The van der Waals surface area contributed by atoms with Crippen molar-refractivity contribution in [1.29, 1.82) is 0 Å². The molecule has 0 aromatic carbocycles. The van der Waals surface area contributed by atoms with Crippen molar-refractivity contribution in [1.82, 2.24) is 4.98 Å². The van der Waals surface area contributed by atoms with E-state index in [-0.39, 0.29) is 12.5 Å². The molecule has 19 heavy (non-hydrogen) atoms. The Morgan fingerprint density at radius 2 is 2.05 bits per heavy atom. The summed E-state index contributed by atoms with van der Waals surface area (Å²) < 4.78 is 41.4. The molecule has 108 valence electrons. The topological polar surface area (TPSA) is 34.1 Å². The second-order valence-corrected chi connectivity index (χ2v) is 4.52. The number of halogens is 3. The summed E-state index contributed by atoms with van der Waals surface area (Å²) in [4.78, 5) is 4.12. The lowest BCUT2D eigenvalue weighted by Crippen LogP contribution is -2.11. The Hall–Kier alpha value is -1.46. The van der Waals surface area contributed by atoms with E-state index in [4.69, 9.17) is 4.74 Å². The molecule has 0 saturated carbocycles. The van der Waals surface area contributed by atoms with Crippen LogP contribution in [0.15, 0.2) is 18.3 Å². The lowest BCUT2D eigenvalue weighted by Gasteiger charge is -2.14. The van der Waals surface area contributed by atoms with Crippen LogP contribution in [0.2, 0.25) is 0 Å². The molecule has 0 aliphatic heterocycles. The van der Waals surface area contributed by atoms with Crippen LogP contribution >= 0.6 is 0 Å². The SMILES string of the molecule is CC(C)Oc1cccnc1NCCCCC(F)(F)F. The number of aromatic nitrogens is 1. The van der Waals surface area contributed by atoms with Gasteiger partial charge in [0.25, 0.3) is 0 Å². The quantitative estimate of drug-likeness (QED) is 0.764. The van der Waals surface area contributed by atoms with E-state index < -0.39 is 12.6 Å². The van der Waals surface area contributed by atoms with E-state index in [1.165, 1.54) is 0 Å². The van der Waals surface area contributed by atoms with E-state index in [1.807, 2.05) is 13.8 Å². The number of ether oxygens (including phenoxy) is 1. The maximum atomic E-state index is 12.0. The van der Waals surface area contributed by atoms with Crippen molar-refractivity contribution in [2.75, 3.05) is 11.9 Å². The molecule has 0 saturated heterocycles. The first-order valence-corrected chi connectivity index (χ1v) is 6.31. The molecule has 3 nitrogen and oxygen atoms in total. The summed E-state index contributed by atoms with van der Waals surface area (Å²) in [7, 11) is 0. The van der Waals surface area contributed by atoms with Gasteiger partial charge in [-0.25, -0.2) is 4.98 Å². The Labute approximate surface area is 111 Å². The van der Waals surface area contributed by atoms with E-state index in [9.17, 15) is 13.2 Å². The van der Waals surface area contributed by atoms with Gasteiger partial charge in [-0.2, -0.15) is 13.2 Å². The van der Waals surface area contributed by atoms with Crippen molar-refractivity contribution in [2.45, 2.75) is 45.4 Å². The van der Waals surface area contributed by atoms with Crippen LogP contribution in [0.4, 0.5) is 19.0 Å². The maximum absolute atomic E-state index is 12.0. The van der Waals surface area contributed by atoms with Crippen molar-refractivity contribution >= 4 is 5.82 Å². The second kappa shape index (κ2) is 7.21. The zero-order valence-corrected chi connectivity index (χ0v) is 11.1. The Morgan fingerprint density at radius 1 is 1.32 bits per heavy atom. The molecular weight excluding hydrogens is 257 g/mol. The molecule has 1 aromatic heterocycles. The highest BCUT2D eigenvalue weighted by Crippen LogP contribution is 2.24. The van der Waals surface area contributed by atoms with Gasteiger partial charge in [0.15, 0.2) is 11.6 Å². The number of nitrogens with one attached hydrogen (secondary N) is 1. The maximum Gasteiger partial charge on any atom is 0.389 e. The fraction of sp³-hybridized carbons (Fsp3) is 0.615. The van der Waals surface area contributed by atoms with Crippen molar-refractivity contribution < 1.29 is 17.9 Å². The number of anilines is 1. The highest BCUT2D eigenvalue weighted by molar-refractivity contribution is 5.49. The molecule has 0 amide bonds. The monoisotopic (exact) mass is 276 g/mol. The van der Waals surface area contributed by atoms with Crippen LogP contribution in [0.1, 0.15) is 33.1 Å². The molecule has 0 spiro atoms. The molecule has 6 heteroatoms. The molecule has 0 atom stereocenters. The third-order valence-electron chi connectivity index (χ3n) is 2.31. The molecule has 0 fully saturated rings. The third kappa shape index (κ3) is 6.88. The first kappa shape index (κ1) is 15.6. The van der Waals surface area contributed by atoms with Crippen molar-refractivity contribution in [2.24, 2.45) is 0 Å². The van der Waals surface area contributed by atoms with E-state index in [0.717, 1.165) is 0 Å². The molecule has 1 aromatic rings. The summed E-state index contributed by atoms with van der Waals surface area (Å²) in [5.41, 5.74) is 0. The van der Waals surface area contributed by atoms with Crippen LogP contribution in [0.3, 0.4) is 0 Å². The number of hydrogen-bond donors (Lipinski definition) is 1. The standard InChI is InChI=1S/C13H19F3N2O/c1-10(2)19-11-6-5-9-18-12(11)17-8-4-3-7-13(14,15)16/h5-6,9-10H,3-4,7-8H2,1-2H3,(H,17,18). The molecular formula is C13H19F3N2O. The van der Waals surface area contributed by atoms with Crippen molar-refractivity contribution in [3.05, 3.63) is 18.3 Å². The molecule has 0 radical (unpaired) electrons. The average molecular weight is 276 g/mol. The van der Waals surface area contributed by atoms with Crippen molar-refractivity contribution in [3.63, 3.8) is 0 Å². The van der Waals surface area contributed by atoms with Gasteiger partial charge in [-0.1, -0.05) is 0 Å². The van der Waals surface area contributed by atoms with Gasteiger partial charge < -0.3 is 10.1 Å². The zero-order chi connectivity index (χ0) is 14.3. The summed E-state index contributed by atoms with van der Waals surface area (Å²) in [6, 6.07) is 3.54. The van der Waals surface area contributed by atoms with Crippen LogP contribution in [-0.2, 0) is 0 Å². The average Bonchev–Trinajstić information content (AvgIpc) is 2.28. The molecule has 1 N–H and O–H groups in total. The number of pyridine rings is 1. The fourth-order valence-corrected chi connectivity index (χ4v) is 1.53. The fourth-order valence-electron chi connectivity index (χ4n) is 1.53.